The average Bonchev–Trinajstić information content (AvgIpc) is 2.61. The van der Waals surface area contributed by atoms with Crippen molar-refractivity contribution in [1.82, 2.24) is 0 Å². The van der Waals surface area contributed by atoms with Gasteiger partial charge in [-0.05, 0) is 30.7 Å². The lowest BCUT2D eigenvalue weighted by Gasteiger charge is -2.10. The Hall–Kier alpha value is -2.45. The van der Waals surface area contributed by atoms with Crippen LogP contribution in [0.4, 0.5) is 17.1 Å². The van der Waals surface area contributed by atoms with Crippen LogP contribution >= 0.6 is 11.6 Å². The fourth-order valence-corrected chi connectivity index (χ4v) is 3.37. The van der Waals surface area contributed by atoms with E-state index in [0.29, 0.717) is 22.1 Å². The van der Waals surface area contributed by atoms with Gasteiger partial charge >= 0.3 is 0 Å². The molecule has 11 nitrogen and oxygen atoms in total. The maximum atomic E-state index is 10.8. The molecule has 2 rings (SSSR count). The van der Waals surface area contributed by atoms with Crippen LogP contribution in [0.2, 0.25) is 5.02 Å². The second-order valence-electron chi connectivity index (χ2n) is 5.78. The SMILES string of the molecule is COc1ccc(N)cc1S(=O)(=O)O.Nc1cc(OCCCS(=O)(=O)O)c(N)cc1Cl. The third-order valence-electron chi connectivity index (χ3n) is 3.40. The van der Waals surface area contributed by atoms with Gasteiger partial charge in [0.15, 0.2) is 0 Å². The highest BCUT2D eigenvalue weighted by atomic mass is 35.5. The number of hydrogen-bond acceptors (Lipinski definition) is 9. The Kier molecular flexibility index (Phi) is 8.99. The van der Waals surface area contributed by atoms with E-state index in [1.54, 1.807) is 0 Å². The highest BCUT2D eigenvalue weighted by molar-refractivity contribution is 7.86. The molecular weight excluding hydrogens is 462 g/mol. The molecule has 0 unspecified atom stereocenters. The van der Waals surface area contributed by atoms with Crippen molar-refractivity contribution >= 4 is 48.9 Å². The standard InChI is InChI=1S/C9H13ClN2O4S.C7H9NO4S/c10-6-4-8(12)9(5-7(6)11)16-2-1-3-17(13,14)15;1-12-6-3-2-5(8)4-7(6)13(9,10)11/h4-5H,1-3,11-12H2,(H,13,14,15);2-4H,8H2,1H3,(H,9,10,11). The Balaban J connectivity index is 0.000000311. The molecule has 0 atom stereocenters. The van der Waals surface area contributed by atoms with Crippen molar-refractivity contribution in [1.29, 1.82) is 0 Å². The first kappa shape index (κ1) is 25.6. The highest BCUT2D eigenvalue weighted by Crippen LogP contribution is 2.30. The van der Waals surface area contributed by atoms with Gasteiger partial charge in [0.25, 0.3) is 20.2 Å². The van der Waals surface area contributed by atoms with E-state index in [2.05, 4.69) is 0 Å². The van der Waals surface area contributed by atoms with E-state index in [1.807, 2.05) is 0 Å². The van der Waals surface area contributed by atoms with Crippen LogP contribution in [0.15, 0.2) is 35.2 Å². The summed E-state index contributed by atoms with van der Waals surface area (Å²) in [4.78, 5) is -0.324. The molecule has 0 amide bonds. The topological polar surface area (TPSA) is 205 Å². The third kappa shape index (κ3) is 8.51. The number of ether oxygens (including phenoxy) is 2. The fraction of sp³-hybridized carbons (Fsp3) is 0.250. The van der Waals surface area contributed by atoms with E-state index in [0.717, 1.165) is 6.07 Å². The largest absolute Gasteiger partial charge is 0.495 e. The number of halogens is 1. The van der Waals surface area contributed by atoms with Crippen molar-refractivity contribution in [3.8, 4) is 11.5 Å². The quantitative estimate of drug-likeness (QED) is 0.217. The van der Waals surface area contributed by atoms with Crippen LogP contribution in [0.1, 0.15) is 6.42 Å². The van der Waals surface area contributed by atoms with Gasteiger partial charge in [0.1, 0.15) is 16.4 Å². The number of benzene rings is 2. The molecule has 30 heavy (non-hydrogen) atoms. The first-order valence-corrected chi connectivity index (χ1v) is 11.5. The highest BCUT2D eigenvalue weighted by Gasteiger charge is 2.16. The van der Waals surface area contributed by atoms with Gasteiger partial charge in [-0.3, -0.25) is 9.11 Å². The molecule has 0 aliphatic rings. The van der Waals surface area contributed by atoms with Gasteiger partial charge in [-0.15, -0.1) is 0 Å². The summed E-state index contributed by atoms with van der Waals surface area (Å²) >= 11 is 5.73. The van der Waals surface area contributed by atoms with E-state index in [4.69, 9.17) is 47.4 Å². The number of nitrogens with two attached hydrogens (primary N) is 3. The summed E-state index contributed by atoms with van der Waals surface area (Å²) in [6, 6.07) is 6.90. The van der Waals surface area contributed by atoms with Gasteiger partial charge in [0, 0.05) is 11.8 Å². The van der Waals surface area contributed by atoms with Crippen molar-refractivity contribution in [3.05, 3.63) is 35.4 Å². The molecule has 8 N–H and O–H groups in total. The second kappa shape index (κ2) is 10.5. The predicted octanol–water partition coefficient (Wildman–Crippen LogP) is 1.69. The maximum absolute atomic E-state index is 10.8. The van der Waals surface area contributed by atoms with E-state index in [1.165, 1.54) is 31.4 Å². The van der Waals surface area contributed by atoms with Gasteiger partial charge in [-0.2, -0.15) is 16.8 Å². The minimum Gasteiger partial charge on any atom is -0.495 e. The molecule has 0 aromatic heterocycles. The molecule has 0 fully saturated rings. The summed E-state index contributed by atoms with van der Waals surface area (Å²) in [6.45, 7) is 0.102. The number of rotatable bonds is 7. The molecule has 168 valence electrons. The lowest BCUT2D eigenvalue weighted by atomic mass is 10.2. The summed E-state index contributed by atoms with van der Waals surface area (Å²) in [7, 11) is -6.93. The van der Waals surface area contributed by atoms with Crippen molar-refractivity contribution in [2.75, 3.05) is 36.7 Å². The van der Waals surface area contributed by atoms with Crippen molar-refractivity contribution in [3.63, 3.8) is 0 Å². The van der Waals surface area contributed by atoms with Crippen LogP contribution in [-0.2, 0) is 20.2 Å². The summed E-state index contributed by atoms with van der Waals surface area (Å²) in [6.07, 6.45) is 0.154. The first-order valence-electron chi connectivity index (χ1n) is 8.08. The zero-order valence-electron chi connectivity index (χ0n) is 15.8. The second-order valence-corrected chi connectivity index (χ2v) is 9.15. The van der Waals surface area contributed by atoms with E-state index < -0.39 is 20.2 Å². The van der Waals surface area contributed by atoms with Gasteiger partial charge < -0.3 is 26.7 Å². The molecule has 2 aromatic carbocycles. The van der Waals surface area contributed by atoms with Gasteiger partial charge in [-0.25, -0.2) is 0 Å². The lowest BCUT2D eigenvalue weighted by molar-refractivity contribution is 0.318. The minimum atomic E-state index is -4.27. The summed E-state index contributed by atoms with van der Waals surface area (Å²) in [5, 5.41) is 0.327. The molecular formula is C16H22ClN3O8S2. The number of anilines is 3. The Morgan fingerprint density at radius 2 is 1.60 bits per heavy atom. The fourth-order valence-electron chi connectivity index (χ4n) is 2.03. The number of hydrogen-bond donors (Lipinski definition) is 5. The molecule has 0 heterocycles. The van der Waals surface area contributed by atoms with Crippen molar-refractivity contribution in [2.24, 2.45) is 0 Å². The molecule has 0 aliphatic heterocycles. The molecule has 2 aromatic rings. The molecule has 0 bridgehead atoms. The van der Waals surface area contributed by atoms with Crippen molar-refractivity contribution in [2.45, 2.75) is 11.3 Å². The number of methoxy groups -OCH3 is 1. The van der Waals surface area contributed by atoms with Crippen molar-refractivity contribution < 1.29 is 35.4 Å². The Labute approximate surface area is 179 Å². The van der Waals surface area contributed by atoms with Crippen LogP contribution in [0.3, 0.4) is 0 Å². The van der Waals surface area contributed by atoms with Crippen LogP contribution in [0.25, 0.3) is 0 Å². The summed E-state index contributed by atoms with van der Waals surface area (Å²) in [5.74, 6) is 0.0367. The third-order valence-corrected chi connectivity index (χ3v) is 5.41. The Bertz CT molecular complexity index is 1090. The Morgan fingerprint density at radius 3 is 2.13 bits per heavy atom. The van der Waals surface area contributed by atoms with Crippen LogP contribution < -0.4 is 26.7 Å². The maximum Gasteiger partial charge on any atom is 0.298 e. The average molecular weight is 484 g/mol. The Morgan fingerprint density at radius 1 is 0.967 bits per heavy atom. The van der Waals surface area contributed by atoms with Gasteiger partial charge in [0.05, 0.1) is 35.9 Å². The molecule has 0 saturated carbocycles. The number of nitrogen functional groups attached to an aromatic ring is 3. The molecule has 14 heteroatoms. The van der Waals surface area contributed by atoms with E-state index >= 15 is 0 Å². The van der Waals surface area contributed by atoms with Crippen LogP contribution in [-0.4, -0.2) is 45.4 Å². The lowest BCUT2D eigenvalue weighted by Crippen LogP contribution is -2.09. The molecule has 0 saturated heterocycles. The summed E-state index contributed by atoms with van der Waals surface area (Å²) in [5.41, 5.74) is 17.4. The van der Waals surface area contributed by atoms with Gasteiger partial charge in [-0.1, -0.05) is 11.6 Å². The molecule has 0 aliphatic carbocycles. The van der Waals surface area contributed by atoms with Crippen LogP contribution in [0, 0.1) is 0 Å². The molecule has 0 spiro atoms. The zero-order valence-corrected chi connectivity index (χ0v) is 18.2. The summed E-state index contributed by atoms with van der Waals surface area (Å²) < 4.78 is 69.7. The minimum absolute atomic E-state index is 0.0664. The predicted molar refractivity (Wildman–Crippen MR) is 114 cm³/mol. The van der Waals surface area contributed by atoms with Crippen LogP contribution in [0.5, 0.6) is 11.5 Å². The van der Waals surface area contributed by atoms with Gasteiger partial charge in [0.2, 0.25) is 0 Å². The monoisotopic (exact) mass is 483 g/mol. The first-order chi connectivity index (χ1) is 13.7. The smallest absolute Gasteiger partial charge is 0.298 e. The normalized spacial score (nSPS) is 11.3. The molecule has 0 radical (unpaired) electrons. The zero-order chi connectivity index (χ0) is 23.1. The van der Waals surface area contributed by atoms with E-state index in [-0.39, 0.29) is 35.1 Å². The van der Waals surface area contributed by atoms with E-state index in [9.17, 15) is 16.8 Å².